The fraction of sp³-hybridized carbons (Fsp3) is 0.333. The number of nitrogens with zero attached hydrogens (tertiary/aromatic N) is 1. The number of benzene rings is 1. The van der Waals surface area contributed by atoms with E-state index in [1.165, 1.54) is 5.56 Å². The molecular weight excluding hydrogens is 240 g/mol. The molecule has 4 heteroatoms. The van der Waals surface area contributed by atoms with Crippen molar-refractivity contribution in [3.8, 4) is 0 Å². The van der Waals surface area contributed by atoms with E-state index in [0.717, 1.165) is 11.5 Å². The average Bonchev–Trinajstić information content (AvgIpc) is 2.82. The summed E-state index contributed by atoms with van der Waals surface area (Å²) in [7, 11) is 0. The molecule has 1 amide bonds. The molecule has 0 unspecified atom stereocenters. The Bertz CT molecular complexity index is 556. The lowest BCUT2D eigenvalue weighted by atomic mass is 10.0. The zero-order valence-corrected chi connectivity index (χ0v) is 11.4. The van der Waals surface area contributed by atoms with Gasteiger partial charge < -0.3 is 9.84 Å². The van der Waals surface area contributed by atoms with Gasteiger partial charge in [0.05, 0.1) is 6.54 Å². The third kappa shape index (κ3) is 3.44. The smallest absolute Gasteiger partial charge is 0.251 e. The Morgan fingerprint density at radius 1 is 1.32 bits per heavy atom. The van der Waals surface area contributed by atoms with Crippen molar-refractivity contribution in [1.29, 1.82) is 0 Å². The third-order valence-corrected chi connectivity index (χ3v) is 2.95. The van der Waals surface area contributed by atoms with E-state index in [4.69, 9.17) is 4.52 Å². The number of nitrogens with one attached hydrogen (secondary N) is 1. The lowest BCUT2D eigenvalue weighted by Gasteiger charge is -2.07. The molecule has 0 aliphatic carbocycles. The minimum absolute atomic E-state index is 0.101. The minimum Gasteiger partial charge on any atom is -0.361 e. The van der Waals surface area contributed by atoms with Crippen LogP contribution in [-0.4, -0.2) is 11.1 Å². The summed E-state index contributed by atoms with van der Waals surface area (Å²) in [6.07, 6.45) is 0. The summed E-state index contributed by atoms with van der Waals surface area (Å²) < 4.78 is 4.94. The molecule has 0 saturated carbocycles. The molecule has 2 rings (SSSR count). The number of hydrogen-bond donors (Lipinski definition) is 1. The lowest BCUT2D eigenvalue weighted by Crippen LogP contribution is -2.22. The van der Waals surface area contributed by atoms with Gasteiger partial charge in [0.2, 0.25) is 0 Å². The average molecular weight is 258 g/mol. The van der Waals surface area contributed by atoms with Gasteiger partial charge in [-0.15, -0.1) is 0 Å². The Labute approximate surface area is 112 Å². The summed E-state index contributed by atoms with van der Waals surface area (Å²) in [5.74, 6) is 1.11. The van der Waals surface area contributed by atoms with Crippen LogP contribution in [0.5, 0.6) is 0 Å². The molecular formula is C15H18N2O2. The van der Waals surface area contributed by atoms with E-state index < -0.39 is 0 Å². The first kappa shape index (κ1) is 13.3. The number of aryl methyl sites for hydroxylation is 1. The molecule has 0 fully saturated rings. The number of amides is 1. The second kappa shape index (κ2) is 5.69. The highest BCUT2D eigenvalue weighted by Gasteiger charge is 2.07. The largest absolute Gasteiger partial charge is 0.361 e. The highest BCUT2D eigenvalue weighted by atomic mass is 16.5. The summed E-state index contributed by atoms with van der Waals surface area (Å²) in [5.41, 5.74) is 2.61. The maximum Gasteiger partial charge on any atom is 0.251 e. The van der Waals surface area contributed by atoms with E-state index in [-0.39, 0.29) is 5.91 Å². The summed E-state index contributed by atoms with van der Waals surface area (Å²) in [5, 5.41) is 6.64. The zero-order chi connectivity index (χ0) is 13.8. The van der Waals surface area contributed by atoms with Crippen molar-refractivity contribution in [3.05, 3.63) is 52.9 Å². The van der Waals surface area contributed by atoms with Crippen molar-refractivity contribution in [2.75, 3.05) is 0 Å². The summed E-state index contributed by atoms with van der Waals surface area (Å²) in [6.45, 7) is 6.45. The first-order chi connectivity index (χ1) is 9.06. The molecule has 1 aromatic carbocycles. The topological polar surface area (TPSA) is 55.1 Å². The standard InChI is InChI=1S/C15H18N2O2/c1-10(2)12-4-6-13(7-5-12)15(18)16-9-14-8-11(3)19-17-14/h4-8,10H,9H2,1-3H3,(H,16,18). The first-order valence-electron chi connectivity index (χ1n) is 6.36. The Morgan fingerprint density at radius 3 is 2.53 bits per heavy atom. The van der Waals surface area contributed by atoms with Gasteiger partial charge in [-0.3, -0.25) is 4.79 Å². The van der Waals surface area contributed by atoms with E-state index in [0.29, 0.717) is 18.0 Å². The van der Waals surface area contributed by atoms with Crippen LogP contribution in [0, 0.1) is 6.92 Å². The zero-order valence-electron chi connectivity index (χ0n) is 11.4. The van der Waals surface area contributed by atoms with Crippen molar-refractivity contribution in [1.82, 2.24) is 10.5 Å². The van der Waals surface area contributed by atoms with Gasteiger partial charge in [-0.25, -0.2) is 0 Å². The second-order valence-corrected chi connectivity index (χ2v) is 4.89. The number of hydrogen-bond acceptors (Lipinski definition) is 3. The predicted octanol–water partition coefficient (Wildman–Crippen LogP) is 3.04. The first-order valence-corrected chi connectivity index (χ1v) is 6.36. The fourth-order valence-electron chi connectivity index (χ4n) is 1.79. The molecule has 4 nitrogen and oxygen atoms in total. The summed E-state index contributed by atoms with van der Waals surface area (Å²) in [6, 6.07) is 9.47. The van der Waals surface area contributed by atoms with Crippen molar-refractivity contribution in [2.24, 2.45) is 0 Å². The van der Waals surface area contributed by atoms with E-state index in [1.54, 1.807) is 0 Å². The van der Waals surface area contributed by atoms with Gasteiger partial charge in [-0.2, -0.15) is 0 Å². The quantitative estimate of drug-likeness (QED) is 0.917. The maximum absolute atomic E-state index is 11.9. The molecule has 19 heavy (non-hydrogen) atoms. The van der Waals surface area contributed by atoms with Crippen LogP contribution >= 0.6 is 0 Å². The molecule has 1 N–H and O–H groups in total. The molecule has 0 aliphatic heterocycles. The van der Waals surface area contributed by atoms with Gasteiger partial charge in [0.25, 0.3) is 5.91 Å². The van der Waals surface area contributed by atoms with E-state index in [2.05, 4.69) is 24.3 Å². The molecule has 100 valence electrons. The van der Waals surface area contributed by atoms with Gasteiger partial charge in [0.15, 0.2) is 0 Å². The van der Waals surface area contributed by atoms with Crippen molar-refractivity contribution < 1.29 is 9.32 Å². The van der Waals surface area contributed by atoms with Gasteiger partial charge in [-0.1, -0.05) is 31.1 Å². The normalized spacial score (nSPS) is 10.7. The van der Waals surface area contributed by atoms with Crippen LogP contribution in [0.2, 0.25) is 0 Å². The third-order valence-electron chi connectivity index (χ3n) is 2.95. The Balaban J connectivity index is 1.96. The maximum atomic E-state index is 11.9. The van der Waals surface area contributed by atoms with E-state index in [9.17, 15) is 4.79 Å². The van der Waals surface area contributed by atoms with Crippen LogP contribution in [-0.2, 0) is 6.54 Å². The monoisotopic (exact) mass is 258 g/mol. The molecule has 0 aliphatic rings. The van der Waals surface area contributed by atoms with Gasteiger partial charge in [0.1, 0.15) is 11.5 Å². The SMILES string of the molecule is Cc1cc(CNC(=O)c2ccc(C(C)C)cc2)no1. The number of rotatable bonds is 4. The lowest BCUT2D eigenvalue weighted by molar-refractivity contribution is 0.0950. The molecule has 1 heterocycles. The van der Waals surface area contributed by atoms with Crippen LogP contribution in [0.4, 0.5) is 0 Å². The van der Waals surface area contributed by atoms with Crippen LogP contribution in [0.1, 0.15) is 47.1 Å². The summed E-state index contributed by atoms with van der Waals surface area (Å²) in [4.78, 5) is 11.9. The Hall–Kier alpha value is -2.10. The summed E-state index contributed by atoms with van der Waals surface area (Å²) >= 11 is 0. The molecule has 0 atom stereocenters. The number of aromatic nitrogens is 1. The minimum atomic E-state index is -0.101. The Morgan fingerprint density at radius 2 is 2.00 bits per heavy atom. The molecule has 1 aromatic heterocycles. The van der Waals surface area contributed by atoms with Crippen molar-refractivity contribution in [2.45, 2.75) is 33.2 Å². The molecule has 0 spiro atoms. The second-order valence-electron chi connectivity index (χ2n) is 4.89. The highest BCUT2D eigenvalue weighted by molar-refractivity contribution is 5.94. The van der Waals surface area contributed by atoms with Gasteiger partial charge in [-0.05, 0) is 30.5 Å². The van der Waals surface area contributed by atoms with Gasteiger partial charge in [0, 0.05) is 11.6 Å². The van der Waals surface area contributed by atoms with E-state index >= 15 is 0 Å². The van der Waals surface area contributed by atoms with Gasteiger partial charge >= 0.3 is 0 Å². The predicted molar refractivity (Wildman–Crippen MR) is 72.9 cm³/mol. The fourth-order valence-corrected chi connectivity index (χ4v) is 1.79. The van der Waals surface area contributed by atoms with Crippen molar-refractivity contribution in [3.63, 3.8) is 0 Å². The molecule has 2 aromatic rings. The van der Waals surface area contributed by atoms with Crippen molar-refractivity contribution >= 4 is 5.91 Å². The number of carbonyl (C=O) groups is 1. The molecule has 0 saturated heterocycles. The Kier molecular flexibility index (Phi) is 4.00. The van der Waals surface area contributed by atoms with Crippen LogP contribution in [0.15, 0.2) is 34.9 Å². The highest BCUT2D eigenvalue weighted by Crippen LogP contribution is 2.14. The molecule has 0 radical (unpaired) electrons. The van der Waals surface area contributed by atoms with Crippen LogP contribution in [0.3, 0.4) is 0 Å². The van der Waals surface area contributed by atoms with Crippen LogP contribution < -0.4 is 5.32 Å². The van der Waals surface area contributed by atoms with E-state index in [1.807, 2.05) is 37.3 Å². The molecule has 0 bridgehead atoms. The van der Waals surface area contributed by atoms with Crippen LogP contribution in [0.25, 0.3) is 0 Å². The number of carbonyl (C=O) groups excluding carboxylic acids is 1.